The number of carboxylic acids is 1. The van der Waals surface area contributed by atoms with Gasteiger partial charge in [-0.25, -0.2) is 4.79 Å². The number of furan rings is 1. The highest BCUT2D eigenvalue weighted by Gasteiger charge is 2.15. The zero-order valence-electron chi connectivity index (χ0n) is 12.7. The van der Waals surface area contributed by atoms with Gasteiger partial charge in [0, 0.05) is 5.56 Å². The lowest BCUT2D eigenvalue weighted by Gasteiger charge is -2.09. The number of aryl methyl sites for hydroxylation is 1. The SMILES string of the molecule is Cc1ccccc1COc1cccc(-c2ccoc2C(=O)O)c1. The smallest absolute Gasteiger partial charge is 0.372 e. The lowest BCUT2D eigenvalue weighted by Crippen LogP contribution is -1.98. The number of aromatic carboxylic acids is 1. The van der Waals surface area contributed by atoms with Crippen molar-refractivity contribution in [3.63, 3.8) is 0 Å². The van der Waals surface area contributed by atoms with Gasteiger partial charge in [0.25, 0.3) is 0 Å². The van der Waals surface area contributed by atoms with Crippen molar-refractivity contribution in [3.05, 3.63) is 77.7 Å². The average molecular weight is 308 g/mol. The van der Waals surface area contributed by atoms with E-state index < -0.39 is 5.97 Å². The Morgan fingerprint density at radius 1 is 1.13 bits per heavy atom. The summed E-state index contributed by atoms with van der Waals surface area (Å²) in [5, 5.41) is 9.14. The molecule has 0 radical (unpaired) electrons. The quantitative estimate of drug-likeness (QED) is 0.752. The molecule has 1 heterocycles. The van der Waals surface area contributed by atoms with Crippen LogP contribution in [0.4, 0.5) is 0 Å². The molecule has 0 aliphatic heterocycles. The highest BCUT2D eigenvalue weighted by atomic mass is 16.5. The van der Waals surface area contributed by atoms with Crippen LogP contribution in [0.5, 0.6) is 5.75 Å². The van der Waals surface area contributed by atoms with Gasteiger partial charge in [-0.3, -0.25) is 0 Å². The molecule has 0 aliphatic carbocycles. The van der Waals surface area contributed by atoms with Crippen LogP contribution >= 0.6 is 0 Å². The van der Waals surface area contributed by atoms with E-state index in [1.54, 1.807) is 6.07 Å². The molecule has 0 saturated heterocycles. The van der Waals surface area contributed by atoms with Gasteiger partial charge in [0.2, 0.25) is 5.76 Å². The Kier molecular flexibility index (Phi) is 4.15. The van der Waals surface area contributed by atoms with Crippen LogP contribution < -0.4 is 4.74 Å². The predicted octanol–water partition coefficient (Wildman–Crippen LogP) is 4.53. The molecule has 3 aromatic rings. The number of carboxylic acid groups (broad SMARTS) is 1. The lowest BCUT2D eigenvalue weighted by atomic mass is 10.1. The van der Waals surface area contributed by atoms with E-state index in [0.29, 0.717) is 17.9 Å². The molecular weight excluding hydrogens is 292 g/mol. The molecule has 4 nitrogen and oxygen atoms in total. The zero-order chi connectivity index (χ0) is 16.2. The minimum Gasteiger partial charge on any atom is -0.489 e. The van der Waals surface area contributed by atoms with E-state index in [1.807, 2.05) is 55.5 Å². The summed E-state index contributed by atoms with van der Waals surface area (Å²) in [5.74, 6) is -0.472. The van der Waals surface area contributed by atoms with Crippen molar-refractivity contribution in [1.29, 1.82) is 0 Å². The summed E-state index contributed by atoms with van der Waals surface area (Å²) in [5.41, 5.74) is 3.58. The van der Waals surface area contributed by atoms with E-state index in [2.05, 4.69) is 0 Å². The first-order valence-electron chi connectivity index (χ1n) is 7.23. The van der Waals surface area contributed by atoms with Crippen LogP contribution in [0, 0.1) is 6.92 Å². The Morgan fingerprint density at radius 3 is 2.74 bits per heavy atom. The Hall–Kier alpha value is -3.01. The first kappa shape index (κ1) is 14.9. The van der Waals surface area contributed by atoms with Gasteiger partial charge in [-0.1, -0.05) is 36.4 Å². The molecule has 1 N–H and O–H groups in total. The molecule has 0 unspecified atom stereocenters. The maximum absolute atomic E-state index is 11.2. The fraction of sp³-hybridized carbons (Fsp3) is 0.105. The van der Waals surface area contributed by atoms with Crippen molar-refractivity contribution in [2.45, 2.75) is 13.5 Å². The monoisotopic (exact) mass is 308 g/mol. The van der Waals surface area contributed by atoms with E-state index >= 15 is 0 Å². The van der Waals surface area contributed by atoms with E-state index in [-0.39, 0.29) is 5.76 Å². The largest absolute Gasteiger partial charge is 0.489 e. The maximum Gasteiger partial charge on any atom is 0.372 e. The highest BCUT2D eigenvalue weighted by Crippen LogP contribution is 2.28. The minimum absolute atomic E-state index is 0.0685. The van der Waals surface area contributed by atoms with Crippen LogP contribution in [0.1, 0.15) is 21.7 Å². The standard InChI is InChI=1S/C19H16O4/c1-13-5-2-3-6-15(13)12-23-16-8-4-7-14(11-16)17-9-10-22-18(17)19(20)21/h2-11H,12H2,1H3,(H,20,21). The number of hydrogen-bond donors (Lipinski definition) is 1. The Morgan fingerprint density at radius 2 is 1.96 bits per heavy atom. The second kappa shape index (κ2) is 6.40. The third-order valence-corrected chi connectivity index (χ3v) is 3.66. The van der Waals surface area contributed by atoms with Crippen molar-refractivity contribution < 1.29 is 19.1 Å². The number of ether oxygens (including phenoxy) is 1. The minimum atomic E-state index is -1.09. The number of benzene rings is 2. The molecule has 2 aromatic carbocycles. The van der Waals surface area contributed by atoms with Crippen molar-refractivity contribution in [1.82, 2.24) is 0 Å². The van der Waals surface area contributed by atoms with Gasteiger partial charge in [-0.05, 0) is 41.8 Å². The Labute approximate surface area is 134 Å². The molecule has 3 rings (SSSR count). The molecule has 0 amide bonds. The highest BCUT2D eigenvalue weighted by molar-refractivity contribution is 5.93. The molecule has 0 aliphatic rings. The van der Waals surface area contributed by atoms with Crippen molar-refractivity contribution in [2.24, 2.45) is 0 Å². The second-order valence-electron chi connectivity index (χ2n) is 5.21. The molecule has 0 fully saturated rings. The van der Waals surface area contributed by atoms with Gasteiger partial charge in [0.15, 0.2) is 0 Å². The fourth-order valence-corrected chi connectivity index (χ4v) is 2.39. The van der Waals surface area contributed by atoms with E-state index in [4.69, 9.17) is 14.3 Å². The summed E-state index contributed by atoms with van der Waals surface area (Å²) >= 11 is 0. The Bertz CT molecular complexity index is 833. The first-order valence-corrected chi connectivity index (χ1v) is 7.23. The van der Waals surface area contributed by atoms with Crippen LogP contribution in [0.25, 0.3) is 11.1 Å². The first-order chi connectivity index (χ1) is 11.1. The molecule has 0 atom stereocenters. The predicted molar refractivity (Wildman–Crippen MR) is 86.6 cm³/mol. The number of hydrogen-bond acceptors (Lipinski definition) is 3. The van der Waals surface area contributed by atoms with Gasteiger partial charge in [0.05, 0.1) is 6.26 Å². The summed E-state index contributed by atoms with van der Waals surface area (Å²) in [7, 11) is 0. The van der Waals surface area contributed by atoms with Crippen LogP contribution in [0.15, 0.2) is 65.3 Å². The number of rotatable bonds is 5. The fourth-order valence-electron chi connectivity index (χ4n) is 2.39. The summed E-state index contributed by atoms with van der Waals surface area (Å²) in [4.78, 5) is 11.2. The molecule has 1 aromatic heterocycles. The molecule has 0 saturated carbocycles. The molecule has 23 heavy (non-hydrogen) atoms. The van der Waals surface area contributed by atoms with Gasteiger partial charge in [0.1, 0.15) is 12.4 Å². The van der Waals surface area contributed by atoms with Crippen LogP contribution in [-0.2, 0) is 6.61 Å². The van der Waals surface area contributed by atoms with Gasteiger partial charge < -0.3 is 14.3 Å². The van der Waals surface area contributed by atoms with Crippen LogP contribution in [0.3, 0.4) is 0 Å². The molecule has 116 valence electrons. The molecule has 4 heteroatoms. The molecule has 0 bridgehead atoms. The van der Waals surface area contributed by atoms with Crippen LogP contribution in [-0.4, -0.2) is 11.1 Å². The summed E-state index contributed by atoms with van der Waals surface area (Å²) in [6, 6.07) is 17.0. The van der Waals surface area contributed by atoms with E-state index in [9.17, 15) is 4.79 Å². The third kappa shape index (κ3) is 3.26. The van der Waals surface area contributed by atoms with E-state index in [0.717, 1.165) is 11.1 Å². The van der Waals surface area contributed by atoms with Crippen LogP contribution in [0.2, 0.25) is 0 Å². The maximum atomic E-state index is 11.2. The van der Waals surface area contributed by atoms with Gasteiger partial charge >= 0.3 is 5.97 Å². The van der Waals surface area contributed by atoms with Crippen molar-refractivity contribution in [2.75, 3.05) is 0 Å². The van der Waals surface area contributed by atoms with Crippen molar-refractivity contribution in [3.8, 4) is 16.9 Å². The normalized spacial score (nSPS) is 10.5. The zero-order valence-corrected chi connectivity index (χ0v) is 12.7. The van der Waals surface area contributed by atoms with Gasteiger partial charge in [-0.2, -0.15) is 0 Å². The lowest BCUT2D eigenvalue weighted by molar-refractivity contribution is 0.0663. The molecular formula is C19H16O4. The average Bonchev–Trinajstić information content (AvgIpc) is 3.04. The number of carbonyl (C=O) groups is 1. The Balaban J connectivity index is 1.82. The molecule has 0 spiro atoms. The van der Waals surface area contributed by atoms with Crippen molar-refractivity contribution >= 4 is 5.97 Å². The topological polar surface area (TPSA) is 59.7 Å². The van der Waals surface area contributed by atoms with E-state index in [1.165, 1.54) is 11.8 Å². The summed E-state index contributed by atoms with van der Waals surface area (Å²) in [6.45, 7) is 2.51. The third-order valence-electron chi connectivity index (χ3n) is 3.66. The summed E-state index contributed by atoms with van der Waals surface area (Å²) in [6.07, 6.45) is 1.37. The summed E-state index contributed by atoms with van der Waals surface area (Å²) < 4.78 is 10.9. The second-order valence-corrected chi connectivity index (χ2v) is 5.21. The van der Waals surface area contributed by atoms with Gasteiger partial charge in [-0.15, -0.1) is 0 Å².